The summed E-state index contributed by atoms with van der Waals surface area (Å²) in [7, 11) is 0. The number of nitrogens with zero attached hydrogens (tertiary/aromatic N) is 2. The molecular formula is C20H27N3O2. The van der Waals surface area contributed by atoms with Crippen molar-refractivity contribution in [1.29, 1.82) is 0 Å². The van der Waals surface area contributed by atoms with Crippen LogP contribution in [0.3, 0.4) is 0 Å². The zero-order chi connectivity index (χ0) is 17.3. The van der Waals surface area contributed by atoms with E-state index in [-0.39, 0.29) is 17.4 Å². The summed E-state index contributed by atoms with van der Waals surface area (Å²) in [5.41, 5.74) is 0.895. The second-order valence-corrected chi connectivity index (χ2v) is 7.95. The predicted octanol–water partition coefficient (Wildman–Crippen LogP) is 3.16. The monoisotopic (exact) mass is 341 g/mol. The maximum Gasteiger partial charge on any atom is 0.317 e. The second-order valence-electron chi connectivity index (χ2n) is 7.95. The molecule has 2 heterocycles. The van der Waals surface area contributed by atoms with E-state index in [0.717, 1.165) is 38.0 Å². The van der Waals surface area contributed by atoms with Crippen molar-refractivity contribution in [3.63, 3.8) is 0 Å². The Bertz CT molecular complexity index is 642. The Morgan fingerprint density at radius 3 is 2.60 bits per heavy atom. The van der Waals surface area contributed by atoms with Crippen LogP contribution in [0.2, 0.25) is 0 Å². The molecule has 5 nitrogen and oxygen atoms in total. The van der Waals surface area contributed by atoms with E-state index < -0.39 is 0 Å². The molecular weight excluding hydrogens is 314 g/mol. The van der Waals surface area contributed by atoms with Crippen LogP contribution in [0.15, 0.2) is 30.3 Å². The fraction of sp³-hybridized carbons (Fsp3) is 0.600. The predicted molar refractivity (Wildman–Crippen MR) is 97.4 cm³/mol. The third kappa shape index (κ3) is 3.37. The Balaban J connectivity index is 1.38. The van der Waals surface area contributed by atoms with Gasteiger partial charge in [0.15, 0.2) is 0 Å². The van der Waals surface area contributed by atoms with Crippen LogP contribution in [0.1, 0.15) is 44.9 Å². The van der Waals surface area contributed by atoms with Crippen LogP contribution in [0, 0.1) is 5.41 Å². The number of para-hydroxylation sites is 1. The SMILES string of the molecule is O=C(NC1CCCCC1)N1CCC2(CC(=O)N(c3ccccc3)C2)C1. The van der Waals surface area contributed by atoms with Gasteiger partial charge in [0.05, 0.1) is 0 Å². The van der Waals surface area contributed by atoms with Gasteiger partial charge < -0.3 is 15.1 Å². The van der Waals surface area contributed by atoms with Crippen molar-refractivity contribution in [2.45, 2.75) is 51.0 Å². The number of amides is 3. The highest BCUT2D eigenvalue weighted by Crippen LogP contribution is 2.41. The molecule has 1 atom stereocenters. The molecule has 2 saturated heterocycles. The lowest BCUT2D eigenvalue weighted by Gasteiger charge is -2.27. The highest BCUT2D eigenvalue weighted by atomic mass is 16.2. The fourth-order valence-corrected chi connectivity index (χ4v) is 4.63. The van der Waals surface area contributed by atoms with Gasteiger partial charge in [0.25, 0.3) is 0 Å². The first-order valence-corrected chi connectivity index (χ1v) is 9.56. The number of urea groups is 1. The van der Waals surface area contributed by atoms with Gasteiger partial charge in [-0.25, -0.2) is 4.79 Å². The van der Waals surface area contributed by atoms with E-state index in [0.29, 0.717) is 19.0 Å². The van der Waals surface area contributed by atoms with Crippen molar-refractivity contribution in [1.82, 2.24) is 10.2 Å². The molecule has 0 aromatic heterocycles. The lowest BCUT2D eigenvalue weighted by atomic mass is 9.86. The molecule has 1 N–H and O–H groups in total. The number of anilines is 1. The van der Waals surface area contributed by atoms with Gasteiger partial charge >= 0.3 is 6.03 Å². The van der Waals surface area contributed by atoms with Gasteiger partial charge in [-0.1, -0.05) is 37.5 Å². The molecule has 0 radical (unpaired) electrons. The van der Waals surface area contributed by atoms with Crippen molar-refractivity contribution in [2.24, 2.45) is 5.41 Å². The number of carbonyl (C=O) groups excluding carboxylic acids is 2. The van der Waals surface area contributed by atoms with E-state index in [1.807, 2.05) is 40.1 Å². The molecule has 2 aliphatic heterocycles. The first-order chi connectivity index (χ1) is 12.2. The van der Waals surface area contributed by atoms with Gasteiger partial charge in [0.2, 0.25) is 5.91 Å². The Hall–Kier alpha value is -2.04. The van der Waals surface area contributed by atoms with Crippen LogP contribution >= 0.6 is 0 Å². The van der Waals surface area contributed by atoms with E-state index in [4.69, 9.17) is 0 Å². The number of rotatable bonds is 2. The van der Waals surface area contributed by atoms with Crippen LogP contribution in [-0.2, 0) is 4.79 Å². The number of nitrogens with one attached hydrogen (secondary N) is 1. The largest absolute Gasteiger partial charge is 0.335 e. The number of hydrogen-bond donors (Lipinski definition) is 1. The summed E-state index contributed by atoms with van der Waals surface area (Å²) < 4.78 is 0. The number of benzene rings is 1. The van der Waals surface area contributed by atoms with Gasteiger partial charge in [0, 0.05) is 43.2 Å². The summed E-state index contributed by atoms with van der Waals surface area (Å²) >= 11 is 0. The standard InChI is InChI=1S/C20H27N3O2/c24-18-13-20(15-23(18)17-9-5-2-6-10-17)11-12-22(14-20)19(25)21-16-7-3-1-4-8-16/h2,5-6,9-10,16H,1,3-4,7-8,11-15H2,(H,21,25). The van der Waals surface area contributed by atoms with Gasteiger partial charge in [-0.2, -0.15) is 0 Å². The lowest BCUT2D eigenvalue weighted by molar-refractivity contribution is -0.117. The molecule has 1 saturated carbocycles. The van der Waals surface area contributed by atoms with Gasteiger partial charge in [0.1, 0.15) is 0 Å². The van der Waals surface area contributed by atoms with Gasteiger partial charge in [-0.05, 0) is 31.4 Å². The zero-order valence-corrected chi connectivity index (χ0v) is 14.7. The van der Waals surface area contributed by atoms with E-state index >= 15 is 0 Å². The van der Waals surface area contributed by atoms with E-state index in [9.17, 15) is 9.59 Å². The molecule has 1 aromatic carbocycles. The van der Waals surface area contributed by atoms with Crippen molar-refractivity contribution in [3.8, 4) is 0 Å². The molecule has 1 unspecified atom stereocenters. The van der Waals surface area contributed by atoms with Crippen molar-refractivity contribution in [3.05, 3.63) is 30.3 Å². The van der Waals surface area contributed by atoms with Crippen molar-refractivity contribution in [2.75, 3.05) is 24.5 Å². The van der Waals surface area contributed by atoms with Crippen molar-refractivity contribution >= 4 is 17.6 Å². The summed E-state index contributed by atoms with van der Waals surface area (Å²) in [5, 5.41) is 3.21. The minimum Gasteiger partial charge on any atom is -0.335 e. The highest BCUT2D eigenvalue weighted by Gasteiger charge is 2.48. The minimum atomic E-state index is -0.0726. The third-order valence-corrected chi connectivity index (χ3v) is 6.05. The Morgan fingerprint density at radius 2 is 1.84 bits per heavy atom. The Morgan fingerprint density at radius 1 is 1.08 bits per heavy atom. The molecule has 3 amide bonds. The summed E-state index contributed by atoms with van der Waals surface area (Å²) in [4.78, 5) is 29.0. The molecule has 1 spiro atoms. The third-order valence-electron chi connectivity index (χ3n) is 6.05. The number of carbonyl (C=O) groups is 2. The zero-order valence-electron chi connectivity index (χ0n) is 14.7. The molecule has 3 fully saturated rings. The molecule has 4 rings (SSSR count). The maximum atomic E-state index is 12.6. The Labute approximate surface area is 149 Å². The summed E-state index contributed by atoms with van der Waals surface area (Å²) in [6.07, 6.45) is 7.40. The molecule has 3 aliphatic rings. The highest BCUT2D eigenvalue weighted by molar-refractivity contribution is 5.96. The number of likely N-dealkylation sites (tertiary alicyclic amines) is 1. The van der Waals surface area contributed by atoms with E-state index in [2.05, 4.69) is 5.32 Å². The van der Waals surface area contributed by atoms with Crippen molar-refractivity contribution < 1.29 is 9.59 Å². The summed E-state index contributed by atoms with van der Waals surface area (Å²) in [6.45, 7) is 2.18. The minimum absolute atomic E-state index is 0.0642. The quantitative estimate of drug-likeness (QED) is 0.898. The summed E-state index contributed by atoms with van der Waals surface area (Å²) in [5.74, 6) is 0.181. The van der Waals surface area contributed by atoms with Gasteiger partial charge in [-0.15, -0.1) is 0 Å². The van der Waals surface area contributed by atoms with Crippen LogP contribution in [0.5, 0.6) is 0 Å². The molecule has 1 aliphatic carbocycles. The molecule has 5 heteroatoms. The average Bonchev–Trinajstić information content (AvgIpc) is 3.20. The van der Waals surface area contributed by atoms with Crippen LogP contribution in [-0.4, -0.2) is 42.5 Å². The maximum absolute atomic E-state index is 12.6. The van der Waals surface area contributed by atoms with Crippen LogP contribution in [0.4, 0.5) is 10.5 Å². The van der Waals surface area contributed by atoms with E-state index in [1.54, 1.807) is 0 Å². The van der Waals surface area contributed by atoms with E-state index in [1.165, 1.54) is 19.3 Å². The lowest BCUT2D eigenvalue weighted by Crippen LogP contribution is -2.45. The molecule has 0 bridgehead atoms. The first-order valence-electron chi connectivity index (χ1n) is 9.56. The average molecular weight is 341 g/mol. The van der Waals surface area contributed by atoms with Gasteiger partial charge in [-0.3, -0.25) is 4.79 Å². The summed E-state index contributed by atoms with van der Waals surface area (Å²) in [6, 6.07) is 10.3. The number of hydrogen-bond acceptors (Lipinski definition) is 2. The Kier molecular flexibility index (Phi) is 4.40. The smallest absolute Gasteiger partial charge is 0.317 e. The first kappa shape index (κ1) is 16.4. The molecule has 1 aromatic rings. The molecule has 25 heavy (non-hydrogen) atoms. The fourth-order valence-electron chi connectivity index (χ4n) is 4.63. The van der Waals surface area contributed by atoms with Crippen LogP contribution < -0.4 is 10.2 Å². The molecule has 134 valence electrons. The topological polar surface area (TPSA) is 52.7 Å². The second kappa shape index (κ2) is 6.70. The van der Waals surface area contributed by atoms with Crippen LogP contribution in [0.25, 0.3) is 0 Å². The normalized spacial score (nSPS) is 27.3.